The molecule has 0 radical (unpaired) electrons. The largest absolute Gasteiger partial charge is 0.348 e. The number of hydrogen-bond acceptors (Lipinski definition) is 4. The van der Waals surface area contributed by atoms with Crippen LogP contribution in [0.15, 0.2) is 54.7 Å². The van der Waals surface area contributed by atoms with E-state index in [1.54, 1.807) is 0 Å². The molecule has 0 spiro atoms. The van der Waals surface area contributed by atoms with Gasteiger partial charge in [0.25, 0.3) is 5.91 Å². The standard InChI is InChI=1S/C23H23N5O/c1-26(23(29)16-7-3-2-4-8-16)19-13-17-10-11-18(14-19)28(17)22-20(15-24)27-12-6-5-9-21(27)25-22/h2-9,12,17-19H,10-11,13-14H2,1H3. The maximum absolute atomic E-state index is 12.9. The third-order valence-corrected chi connectivity index (χ3v) is 6.46. The molecule has 3 aromatic rings. The summed E-state index contributed by atoms with van der Waals surface area (Å²) in [6.45, 7) is 0. The summed E-state index contributed by atoms with van der Waals surface area (Å²) in [6, 6.07) is 18.5. The number of hydrogen-bond donors (Lipinski definition) is 0. The van der Waals surface area contributed by atoms with Crippen molar-refractivity contribution in [1.82, 2.24) is 14.3 Å². The molecule has 5 rings (SSSR count). The SMILES string of the molecule is CN(C(=O)c1ccccc1)C1CC2CCC(C1)N2c1nc2ccccn2c1C#N. The Morgan fingerprint density at radius 2 is 1.79 bits per heavy atom. The van der Waals surface area contributed by atoms with Crippen molar-refractivity contribution >= 4 is 17.4 Å². The maximum atomic E-state index is 12.9. The van der Waals surface area contributed by atoms with E-state index >= 15 is 0 Å². The third kappa shape index (κ3) is 2.85. The lowest BCUT2D eigenvalue weighted by Gasteiger charge is -2.42. The molecule has 0 N–H and O–H groups in total. The molecule has 2 saturated heterocycles. The normalized spacial score (nSPS) is 23.2. The van der Waals surface area contributed by atoms with E-state index in [1.807, 2.05) is 71.1 Å². The predicted molar refractivity (Wildman–Crippen MR) is 111 cm³/mol. The molecule has 2 atom stereocenters. The number of imidazole rings is 1. The van der Waals surface area contributed by atoms with Crippen molar-refractivity contribution in [3.8, 4) is 6.07 Å². The number of anilines is 1. The summed E-state index contributed by atoms with van der Waals surface area (Å²) in [4.78, 5) is 21.9. The summed E-state index contributed by atoms with van der Waals surface area (Å²) < 4.78 is 1.87. The van der Waals surface area contributed by atoms with E-state index in [0.29, 0.717) is 17.8 Å². The van der Waals surface area contributed by atoms with Gasteiger partial charge >= 0.3 is 0 Å². The van der Waals surface area contributed by atoms with Crippen LogP contribution in [0.25, 0.3) is 5.65 Å². The Bertz CT molecular complexity index is 1090. The second-order valence-corrected chi connectivity index (χ2v) is 8.02. The predicted octanol–water partition coefficient (Wildman–Crippen LogP) is 3.48. The number of benzene rings is 1. The topological polar surface area (TPSA) is 64.6 Å². The second-order valence-electron chi connectivity index (χ2n) is 8.02. The molecule has 6 heteroatoms. The summed E-state index contributed by atoms with van der Waals surface area (Å²) in [5.41, 5.74) is 2.14. The van der Waals surface area contributed by atoms with Crippen molar-refractivity contribution in [1.29, 1.82) is 5.26 Å². The molecule has 1 aromatic carbocycles. The average molecular weight is 385 g/mol. The smallest absolute Gasteiger partial charge is 0.253 e. The van der Waals surface area contributed by atoms with Gasteiger partial charge in [0.05, 0.1) is 0 Å². The summed E-state index contributed by atoms with van der Waals surface area (Å²) in [7, 11) is 1.92. The van der Waals surface area contributed by atoms with E-state index in [2.05, 4.69) is 11.0 Å². The molecule has 6 nitrogen and oxygen atoms in total. The first kappa shape index (κ1) is 17.7. The van der Waals surface area contributed by atoms with Crippen molar-refractivity contribution in [3.63, 3.8) is 0 Å². The van der Waals surface area contributed by atoms with Crippen molar-refractivity contribution in [2.24, 2.45) is 0 Å². The number of nitriles is 1. The number of nitrogens with zero attached hydrogens (tertiary/aromatic N) is 5. The van der Waals surface area contributed by atoms with Gasteiger partial charge in [-0.3, -0.25) is 9.20 Å². The minimum Gasteiger partial charge on any atom is -0.348 e. The number of carbonyl (C=O) groups excluding carboxylic acids is 1. The zero-order valence-corrected chi connectivity index (χ0v) is 16.4. The molecular weight excluding hydrogens is 362 g/mol. The number of carbonyl (C=O) groups is 1. The summed E-state index contributed by atoms with van der Waals surface area (Å²) in [6.07, 6.45) is 5.86. The van der Waals surface area contributed by atoms with Crippen LogP contribution in [0.2, 0.25) is 0 Å². The van der Waals surface area contributed by atoms with E-state index in [0.717, 1.165) is 42.7 Å². The van der Waals surface area contributed by atoms with Gasteiger partial charge in [0, 0.05) is 36.9 Å². The molecule has 1 amide bonds. The molecule has 29 heavy (non-hydrogen) atoms. The summed E-state index contributed by atoms with van der Waals surface area (Å²) in [5, 5.41) is 9.78. The van der Waals surface area contributed by atoms with Gasteiger partial charge in [-0.15, -0.1) is 0 Å². The van der Waals surface area contributed by atoms with E-state index in [9.17, 15) is 10.1 Å². The van der Waals surface area contributed by atoms with Crippen LogP contribution in [0.1, 0.15) is 41.7 Å². The highest BCUT2D eigenvalue weighted by atomic mass is 16.2. The molecule has 2 fully saturated rings. The lowest BCUT2D eigenvalue weighted by atomic mass is 9.95. The van der Waals surface area contributed by atoms with Crippen LogP contribution in [0.4, 0.5) is 5.82 Å². The highest BCUT2D eigenvalue weighted by Crippen LogP contribution is 2.41. The number of aromatic nitrogens is 2. The van der Waals surface area contributed by atoms with E-state index in [-0.39, 0.29) is 11.9 Å². The fraction of sp³-hybridized carbons (Fsp3) is 0.348. The van der Waals surface area contributed by atoms with Crippen LogP contribution in [0.5, 0.6) is 0 Å². The van der Waals surface area contributed by atoms with Crippen molar-refractivity contribution in [3.05, 3.63) is 66.0 Å². The zero-order chi connectivity index (χ0) is 20.0. The van der Waals surface area contributed by atoms with Crippen LogP contribution >= 0.6 is 0 Å². The Morgan fingerprint density at radius 3 is 2.48 bits per heavy atom. The lowest BCUT2D eigenvalue weighted by molar-refractivity contribution is 0.0693. The van der Waals surface area contributed by atoms with Gasteiger partial charge in [-0.05, 0) is 49.9 Å². The summed E-state index contributed by atoms with van der Waals surface area (Å²) in [5.74, 6) is 0.871. The first-order valence-corrected chi connectivity index (χ1v) is 10.1. The van der Waals surface area contributed by atoms with E-state index in [1.165, 1.54) is 0 Å². The maximum Gasteiger partial charge on any atom is 0.253 e. The molecule has 0 saturated carbocycles. The van der Waals surface area contributed by atoms with Gasteiger partial charge in [0.15, 0.2) is 11.5 Å². The monoisotopic (exact) mass is 385 g/mol. The van der Waals surface area contributed by atoms with Gasteiger partial charge in [-0.1, -0.05) is 24.3 Å². The molecule has 4 heterocycles. The molecule has 2 bridgehead atoms. The molecule has 146 valence electrons. The first-order chi connectivity index (χ1) is 14.2. The Hall–Kier alpha value is -3.33. The minimum absolute atomic E-state index is 0.0777. The Morgan fingerprint density at radius 1 is 1.10 bits per heavy atom. The number of amides is 1. The number of pyridine rings is 1. The summed E-state index contributed by atoms with van der Waals surface area (Å²) >= 11 is 0. The third-order valence-electron chi connectivity index (χ3n) is 6.46. The number of rotatable bonds is 3. The average Bonchev–Trinajstić information content (AvgIpc) is 3.26. The number of piperidine rings is 1. The van der Waals surface area contributed by atoms with Gasteiger partial charge in [-0.2, -0.15) is 5.26 Å². The van der Waals surface area contributed by atoms with Crippen LogP contribution in [0, 0.1) is 11.3 Å². The Balaban J connectivity index is 1.41. The van der Waals surface area contributed by atoms with Gasteiger partial charge in [-0.25, -0.2) is 4.98 Å². The second kappa shape index (κ2) is 6.93. The highest BCUT2D eigenvalue weighted by Gasteiger charge is 2.44. The van der Waals surface area contributed by atoms with Crippen LogP contribution in [-0.2, 0) is 0 Å². The van der Waals surface area contributed by atoms with E-state index in [4.69, 9.17) is 4.98 Å². The van der Waals surface area contributed by atoms with Crippen molar-refractivity contribution in [2.75, 3.05) is 11.9 Å². The van der Waals surface area contributed by atoms with Crippen LogP contribution in [0.3, 0.4) is 0 Å². The molecule has 0 aliphatic carbocycles. The van der Waals surface area contributed by atoms with Gasteiger partial charge in [0.1, 0.15) is 11.7 Å². The van der Waals surface area contributed by atoms with Crippen LogP contribution in [-0.4, -0.2) is 45.4 Å². The number of fused-ring (bicyclic) bond motifs is 3. The first-order valence-electron chi connectivity index (χ1n) is 10.1. The molecular formula is C23H23N5O. The molecule has 2 aliphatic rings. The fourth-order valence-electron chi connectivity index (χ4n) is 5.03. The Kier molecular flexibility index (Phi) is 4.24. The molecule has 2 aromatic heterocycles. The van der Waals surface area contributed by atoms with Gasteiger partial charge in [0.2, 0.25) is 0 Å². The van der Waals surface area contributed by atoms with Gasteiger partial charge < -0.3 is 9.80 Å². The fourth-order valence-corrected chi connectivity index (χ4v) is 5.03. The highest BCUT2D eigenvalue weighted by molar-refractivity contribution is 5.94. The zero-order valence-electron chi connectivity index (χ0n) is 16.4. The van der Waals surface area contributed by atoms with Crippen LogP contribution < -0.4 is 4.90 Å². The Labute approximate surface area is 170 Å². The van der Waals surface area contributed by atoms with Crippen molar-refractivity contribution in [2.45, 2.75) is 43.8 Å². The lowest BCUT2D eigenvalue weighted by Crippen LogP contribution is -2.51. The van der Waals surface area contributed by atoms with E-state index < -0.39 is 0 Å². The minimum atomic E-state index is 0.0777. The molecule has 2 aliphatic heterocycles. The quantitative estimate of drug-likeness (QED) is 0.692. The van der Waals surface area contributed by atoms with Crippen molar-refractivity contribution < 1.29 is 4.79 Å². The molecule has 2 unspecified atom stereocenters.